The molecule has 2 aliphatic rings. The van der Waals surface area contributed by atoms with Crippen molar-refractivity contribution in [2.24, 2.45) is 23.5 Å². The van der Waals surface area contributed by atoms with Crippen molar-refractivity contribution in [3.05, 3.63) is 12.2 Å². The average Bonchev–Trinajstić information content (AvgIpc) is 2.95. The van der Waals surface area contributed by atoms with Crippen molar-refractivity contribution in [1.82, 2.24) is 5.32 Å². The van der Waals surface area contributed by atoms with Gasteiger partial charge in [-0.05, 0) is 24.7 Å². The summed E-state index contributed by atoms with van der Waals surface area (Å²) in [6, 6.07) is -1.39. The summed E-state index contributed by atoms with van der Waals surface area (Å²) in [5.41, 5.74) is 5.28. The molecule has 4 unspecified atom stereocenters. The molecule has 4 atom stereocenters. The molecule has 4 nitrogen and oxygen atoms in total. The maximum Gasteiger partial charge on any atom is 0.350 e. The Morgan fingerprint density at radius 3 is 2.53 bits per heavy atom. The second-order valence-electron chi connectivity index (χ2n) is 5.09. The van der Waals surface area contributed by atoms with Crippen molar-refractivity contribution < 1.29 is 18.4 Å². The SMILES string of the molecule is NCC(NC(=O)C1CC2C=CC1C2)C(=O)C(F)(F)S. The van der Waals surface area contributed by atoms with Crippen molar-refractivity contribution in [3.63, 3.8) is 0 Å². The van der Waals surface area contributed by atoms with E-state index in [0.29, 0.717) is 12.3 Å². The summed E-state index contributed by atoms with van der Waals surface area (Å²) >= 11 is 2.92. The van der Waals surface area contributed by atoms with Crippen LogP contribution in [0.2, 0.25) is 0 Å². The lowest BCUT2D eigenvalue weighted by atomic mass is 9.92. The lowest BCUT2D eigenvalue weighted by Crippen LogP contribution is -2.52. The summed E-state index contributed by atoms with van der Waals surface area (Å²) in [7, 11) is 0. The largest absolute Gasteiger partial charge is 0.350 e. The fourth-order valence-corrected chi connectivity index (χ4v) is 2.96. The molecule has 7 heteroatoms. The van der Waals surface area contributed by atoms with Gasteiger partial charge in [-0.15, -0.1) is 0 Å². The number of hydrogen-bond acceptors (Lipinski definition) is 4. The lowest BCUT2D eigenvalue weighted by Gasteiger charge is -2.23. The number of alkyl halides is 2. The third kappa shape index (κ3) is 2.97. The summed E-state index contributed by atoms with van der Waals surface area (Å²) < 4.78 is 25.7. The van der Waals surface area contributed by atoms with Gasteiger partial charge in [0, 0.05) is 12.5 Å². The van der Waals surface area contributed by atoms with E-state index in [1.807, 2.05) is 6.08 Å². The topological polar surface area (TPSA) is 72.2 Å². The Labute approximate surface area is 115 Å². The van der Waals surface area contributed by atoms with Crippen LogP contribution in [0.5, 0.6) is 0 Å². The molecule has 2 aliphatic carbocycles. The van der Waals surface area contributed by atoms with E-state index in [0.717, 1.165) is 6.42 Å². The predicted molar refractivity (Wildman–Crippen MR) is 68.8 cm³/mol. The van der Waals surface area contributed by atoms with Gasteiger partial charge in [-0.3, -0.25) is 9.59 Å². The highest BCUT2D eigenvalue weighted by atomic mass is 32.1. The van der Waals surface area contributed by atoms with Crippen LogP contribution in [0.25, 0.3) is 0 Å². The zero-order valence-electron chi connectivity index (χ0n) is 10.2. The first-order valence-electron chi connectivity index (χ1n) is 6.16. The Balaban J connectivity index is 1.97. The van der Waals surface area contributed by atoms with Crippen LogP contribution >= 0.6 is 12.6 Å². The quantitative estimate of drug-likeness (QED) is 0.516. The molecule has 0 saturated heterocycles. The molecule has 0 radical (unpaired) electrons. The molecule has 0 aliphatic heterocycles. The van der Waals surface area contributed by atoms with E-state index in [-0.39, 0.29) is 24.3 Å². The van der Waals surface area contributed by atoms with Crippen LogP contribution in [-0.4, -0.2) is 29.5 Å². The first kappa shape index (κ1) is 14.5. The number of nitrogens with two attached hydrogens (primary N) is 1. The number of carbonyl (C=O) groups is 2. The number of ketones is 1. The number of amides is 1. The van der Waals surface area contributed by atoms with Gasteiger partial charge < -0.3 is 11.1 Å². The standard InChI is InChI=1S/C12H16F2N2O2S/c13-12(14,19)10(17)9(5-15)16-11(18)8-4-6-1-2-7(8)3-6/h1-2,6-9,19H,3-5,15H2,(H,16,18). The number of halogens is 2. The number of carbonyl (C=O) groups excluding carboxylic acids is 2. The van der Waals surface area contributed by atoms with Crippen molar-refractivity contribution in [1.29, 1.82) is 0 Å². The van der Waals surface area contributed by atoms with Gasteiger partial charge >= 0.3 is 5.25 Å². The molecule has 19 heavy (non-hydrogen) atoms. The third-order valence-electron chi connectivity index (χ3n) is 3.78. The molecule has 0 heterocycles. The van der Waals surface area contributed by atoms with E-state index in [2.05, 4.69) is 24.0 Å². The molecule has 2 bridgehead atoms. The molecule has 106 valence electrons. The van der Waals surface area contributed by atoms with Crippen molar-refractivity contribution in [3.8, 4) is 0 Å². The van der Waals surface area contributed by atoms with Crippen molar-refractivity contribution >= 4 is 24.3 Å². The molecule has 1 saturated carbocycles. The summed E-state index contributed by atoms with van der Waals surface area (Å²) in [6.45, 7) is -0.364. The summed E-state index contributed by atoms with van der Waals surface area (Å²) in [4.78, 5) is 23.4. The fourth-order valence-electron chi connectivity index (χ4n) is 2.80. The number of fused-ring (bicyclic) bond motifs is 2. The molecule has 0 aromatic rings. The molecule has 1 fully saturated rings. The third-order valence-corrected chi connectivity index (χ3v) is 4.00. The van der Waals surface area contributed by atoms with Crippen molar-refractivity contribution in [2.75, 3.05) is 6.54 Å². The summed E-state index contributed by atoms with van der Waals surface area (Å²) in [6.07, 6.45) is 5.67. The van der Waals surface area contributed by atoms with Crippen LogP contribution in [0.4, 0.5) is 8.78 Å². The maximum atomic E-state index is 12.8. The van der Waals surface area contributed by atoms with Crippen LogP contribution in [0.3, 0.4) is 0 Å². The van der Waals surface area contributed by atoms with Crippen LogP contribution in [0, 0.1) is 17.8 Å². The van der Waals surface area contributed by atoms with Crippen LogP contribution in [-0.2, 0) is 9.59 Å². The number of Topliss-reactive ketones (excluding diaryl/α,β-unsaturated/α-hetero) is 1. The minimum absolute atomic E-state index is 0.148. The van der Waals surface area contributed by atoms with E-state index in [4.69, 9.17) is 5.73 Å². The van der Waals surface area contributed by atoms with E-state index in [9.17, 15) is 18.4 Å². The second kappa shape index (κ2) is 5.20. The molecule has 0 aromatic carbocycles. The first-order chi connectivity index (χ1) is 8.82. The Kier molecular flexibility index (Phi) is 3.96. The predicted octanol–water partition coefficient (Wildman–Crippen LogP) is 0.734. The molecular weight excluding hydrogens is 274 g/mol. The number of thiol groups is 1. The lowest BCUT2D eigenvalue weighted by molar-refractivity contribution is -0.138. The zero-order valence-corrected chi connectivity index (χ0v) is 11.1. The Bertz CT molecular complexity index is 422. The second-order valence-corrected chi connectivity index (χ2v) is 5.65. The molecule has 2 rings (SSSR count). The van der Waals surface area contributed by atoms with Gasteiger partial charge in [-0.2, -0.15) is 8.78 Å². The fraction of sp³-hybridized carbons (Fsp3) is 0.667. The van der Waals surface area contributed by atoms with Gasteiger partial charge in [0.05, 0.1) is 0 Å². The minimum Gasteiger partial charge on any atom is -0.344 e. The normalized spacial score (nSPS) is 30.4. The number of nitrogens with one attached hydrogen (secondary N) is 1. The van der Waals surface area contributed by atoms with Gasteiger partial charge in [0.1, 0.15) is 6.04 Å². The van der Waals surface area contributed by atoms with Gasteiger partial charge in [0.25, 0.3) is 0 Å². The van der Waals surface area contributed by atoms with Gasteiger partial charge in [0.15, 0.2) is 0 Å². The average molecular weight is 290 g/mol. The van der Waals surface area contributed by atoms with E-state index < -0.39 is 17.1 Å². The van der Waals surface area contributed by atoms with Crippen molar-refractivity contribution in [2.45, 2.75) is 24.1 Å². The molecule has 0 aromatic heterocycles. The van der Waals surface area contributed by atoms with Gasteiger partial charge in [-0.1, -0.05) is 24.8 Å². The first-order valence-corrected chi connectivity index (χ1v) is 6.61. The number of rotatable bonds is 5. The molecular formula is C12H16F2N2O2S. The number of allylic oxidation sites excluding steroid dienone is 2. The van der Waals surface area contributed by atoms with Crippen LogP contribution < -0.4 is 11.1 Å². The van der Waals surface area contributed by atoms with E-state index in [1.54, 1.807) is 0 Å². The highest BCUT2D eigenvalue weighted by molar-refractivity contribution is 7.82. The highest BCUT2D eigenvalue weighted by Gasteiger charge is 2.43. The molecule has 1 amide bonds. The summed E-state index contributed by atoms with van der Waals surface area (Å²) in [5, 5.41) is -1.46. The summed E-state index contributed by atoms with van der Waals surface area (Å²) in [5.74, 6) is -1.55. The van der Waals surface area contributed by atoms with E-state index in [1.165, 1.54) is 0 Å². The number of hydrogen-bond donors (Lipinski definition) is 3. The Hall–Kier alpha value is -0.950. The van der Waals surface area contributed by atoms with Crippen LogP contribution in [0.1, 0.15) is 12.8 Å². The Morgan fingerprint density at radius 1 is 1.42 bits per heavy atom. The zero-order chi connectivity index (χ0) is 14.2. The van der Waals surface area contributed by atoms with E-state index >= 15 is 0 Å². The maximum absolute atomic E-state index is 12.8. The van der Waals surface area contributed by atoms with Crippen LogP contribution in [0.15, 0.2) is 12.2 Å². The highest BCUT2D eigenvalue weighted by Crippen LogP contribution is 2.43. The van der Waals surface area contributed by atoms with Gasteiger partial charge in [-0.25, -0.2) is 0 Å². The van der Waals surface area contributed by atoms with Gasteiger partial charge in [0.2, 0.25) is 11.7 Å². The smallest absolute Gasteiger partial charge is 0.344 e. The molecule has 3 N–H and O–H groups in total. The molecule has 0 spiro atoms. The monoisotopic (exact) mass is 290 g/mol. The Morgan fingerprint density at radius 2 is 2.11 bits per heavy atom. The minimum atomic E-state index is -3.79.